The van der Waals surface area contributed by atoms with Crippen molar-refractivity contribution >= 4 is 38.8 Å². The first-order valence-electron chi connectivity index (χ1n) is 9.68. The Morgan fingerprint density at radius 2 is 2.15 bits per heavy atom. The van der Waals surface area contributed by atoms with E-state index in [2.05, 4.69) is 33.8 Å². The predicted molar refractivity (Wildman–Crippen MR) is 107 cm³/mol. The van der Waals surface area contributed by atoms with Crippen LogP contribution < -0.4 is 5.32 Å². The van der Waals surface area contributed by atoms with Gasteiger partial charge in [0, 0.05) is 28.4 Å². The number of thiophene rings is 1. The normalized spacial score (nSPS) is 23.4. The fraction of sp³-hybridized carbons (Fsp3) is 0.476. The smallest absolute Gasteiger partial charge is 0.411 e. The van der Waals surface area contributed by atoms with E-state index in [4.69, 9.17) is 4.74 Å². The van der Waals surface area contributed by atoms with Crippen molar-refractivity contribution in [3.05, 3.63) is 35.2 Å². The Morgan fingerprint density at radius 3 is 3.00 bits per heavy atom. The van der Waals surface area contributed by atoms with Gasteiger partial charge in [0.05, 0.1) is 0 Å². The molecule has 26 heavy (non-hydrogen) atoms. The Hall–Kier alpha value is -1.85. The number of amides is 1. The molecule has 2 fully saturated rings. The summed E-state index contributed by atoms with van der Waals surface area (Å²) in [6.07, 6.45) is 9.12. The quantitative estimate of drug-likeness (QED) is 0.804. The van der Waals surface area contributed by atoms with E-state index in [0.29, 0.717) is 6.04 Å². The topological polar surface area (TPSA) is 41.6 Å². The fourth-order valence-corrected chi connectivity index (χ4v) is 5.26. The number of hydrogen-bond donors (Lipinski definition) is 1. The summed E-state index contributed by atoms with van der Waals surface area (Å²) in [4.78, 5) is 14.7. The van der Waals surface area contributed by atoms with Gasteiger partial charge in [-0.15, -0.1) is 11.3 Å². The molecular weight excluding hydrogens is 344 g/mol. The van der Waals surface area contributed by atoms with E-state index in [9.17, 15) is 4.79 Å². The van der Waals surface area contributed by atoms with Crippen molar-refractivity contribution in [2.24, 2.45) is 0 Å². The molecule has 3 aliphatic rings. The van der Waals surface area contributed by atoms with E-state index in [1.54, 1.807) is 11.3 Å². The fourth-order valence-electron chi connectivity index (χ4n) is 4.29. The van der Waals surface area contributed by atoms with E-state index in [0.717, 1.165) is 37.9 Å². The third-order valence-corrected chi connectivity index (χ3v) is 6.98. The molecule has 1 unspecified atom stereocenters. The van der Waals surface area contributed by atoms with Gasteiger partial charge in [-0.2, -0.15) is 0 Å². The lowest BCUT2D eigenvalue weighted by molar-refractivity contribution is 0.0624. The van der Waals surface area contributed by atoms with Crippen molar-refractivity contribution in [2.45, 2.75) is 50.7 Å². The summed E-state index contributed by atoms with van der Waals surface area (Å²) >= 11 is 1.79. The Kier molecular flexibility index (Phi) is 4.21. The highest BCUT2D eigenvalue weighted by atomic mass is 32.1. The van der Waals surface area contributed by atoms with Crippen molar-refractivity contribution < 1.29 is 9.53 Å². The first kappa shape index (κ1) is 16.3. The molecule has 1 atom stereocenters. The average Bonchev–Trinajstić information content (AvgIpc) is 3.23. The molecule has 1 N–H and O–H groups in total. The second-order valence-electron chi connectivity index (χ2n) is 7.67. The number of nitrogens with zero attached hydrogens (tertiary/aromatic N) is 1. The number of hydrogen-bond acceptors (Lipinski definition) is 4. The first-order chi connectivity index (χ1) is 12.8. The van der Waals surface area contributed by atoms with E-state index >= 15 is 0 Å². The van der Waals surface area contributed by atoms with Gasteiger partial charge in [0.15, 0.2) is 0 Å². The largest absolute Gasteiger partial charge is 0.446 e. The highest BCUT2D eigenvalue weighted by Gasteiger charge is 2.28. The predicted octanol–water partition coefficient (Wildman–Crippen LogP) is 5.25. The molecule has 1 saturated carbocycles. The SMILES string of the molecule is O=C(Nc1ccc2scc(C3=CCN4CCCC4C3)c2c1)OC1CCC1. The molecular formula is C21H24N2O2S. The maximum atomic E-state index is 12.1. The summed E-state index contributed by atoms with van der Waals surface area (Å²) in [5.41, 5.74) is 3.63. The Morgan fingerprint density at radius 1 is 1.23 bits per heavy atom. The molecule has 3 heterocycles. The maximum Gasteiger partial charge on any atom is 0.411 e. The van der Waals surface area contributed by atoms with Gasteiger partial charge >= 0.3 is 6.09 Å². The summed E-state index contributed by atoms with van der Waals surface area (Å²) in [6.45, 7) is 2.32. The van der Waals surface area contributed by atoms with Gasteiger partial charge in [0.2, 0.25) is 0 Å². The molecule has 5 rings (SSSR count). The minimum atomic E-state index is -0.329. The van der Waals surface area contributed by atoms with Crippen LogP contribution in [0.5, 0.6) is 0 Å². The zero-order valence-electron chi connectivity index (χ0n) is 14.9. The first-order valence-corrected chi connectivity index (χ1v) is 10.6. The summed E-state index contributed by atoms with van der Waals surface area (Å²) in [5.74, 6) is 0. The van der Waals surface area contributed by atoms with Crippen molar-refractivity contribution in [1.29, 1.82) is 0 Å². The molecule has 1 aromatic carbocycles. The zero-order chi connectivity index (χ0) is 17.5. The molecule has 0 spiro atoms. The van der Waals surface area contributed by atoms with Crippen molar-refractivity contribution in [2.75, 3.05) is 18.4 Å². The van der Waals surface area contributed by atoms with Crippen LogP contribution in [0.4, 0.5) is 10.5 Å². The lowest BCUT2D eigenvalue weighted by atomic mass is 9.94. The number of nitrogens with one attached hydrogen (secondary N) is 1. The lowest BCUT2D eigenvalue weighted by Crippen LogP contribution is -2.32. The van der Waals surface area contributed by atoms with Crippen LogP contribution >= 0.6 is 11.3 Å². The van der Waals surface area contributed by atoms with Gasteiger partial charge in [0.1, 0.15) is 6.10 Å². The molecule has 2 aliphatic heterocycles. The number of anilines is 1. The van der Waals surface area contributed by atoms with Crippen LogP contribution in [0.15, 0.2) is 29.7 Å². The minimum absolute atomic E-state index is 0.109. The second-order valence-corrected chi connectivity index (χ2v) is 8.58. The monoisotopic (exact) mass is 368 g/mol. The van der Waals surface area contributed by atoms with Gasteiger partial charge in [-0.05, 0) is 79.8 Å². The van der Waals surface area contributed by atoms with Crippen LogP contribution in [0.1, 0.15) is 44.1 Å². The number of carbonyl (C=O) groups excluding carboxylic acids is 1. The molecule has 136 valence electrons. The second kappa shape index (κ2) is 6.71. The van der Waals surface area contributed by atoms with Crippen LogP contribution in [0.25, 0.3) is 15.7 Å². The number of rotatable bonds is 3. The van der Waals surface area contributed by atoms with Gasteiger partial charge in [-0.25, -0.2) is 4.79 Å². The maximum absolute atomic E-state index is 12.1. The molecule has 1 aliphatic carbocycles. The van der Waals surface area contributed by atoms with Gasteiger partial charge in [0.25, 0.3) is 0 Å². The number of carbonyl (C=O) groups is 1. The van der Waals surface area contributed by atoms with Crippen molar-refractivity contribution in [3.63, 3.8) is 0 Å². The van der Waals surface area contributed by atoms with Crippen LogP contribution in [0.2, 0.25) is 0 Å². The Labute approximate surface area is 157 Å². The van der Waals surface area contributed by atoms with Crippen LogP contribution in [0, 0.1) is 0 Å². The molecule has 0 bridgehead atoms. The minimum Gasteiger partial charge on any atom is -0.446 e. The lowest BCUT2D eigenvalue weighted by Gasteiger charge is -2.29. The summed E-state index contributed by atoms with van der Waals surface area (Å²) in [5, 5.41) is 6.43. The highest BCUT2D eigenvalue weighted by Crippen LogP contribution is 2.38. The van der Waals surface area contributed by atoms with Gasteiger partial charge in [-0.3, -0.25) is 10.2 Å². The highest BCUT2D eigenvalue weighted by molar-refractivity contribution is 7.17. The third kappa shape index (κ3) is 3.03. The van der Waals surface area contributed by atoms with Gasteiger partial charge < -0.3 is 4.74 Å². The molecule has 1 aromatic heterocycles. The molecule has 4 nitrogen and oxygen atoms in total. The molecule has 1 saturated heterocycles. The Bertz CT molecular complexity index is 868. The van der Waals surface area contributed by atoms with Crippen LogP contribution in [0.3, 0.4) is 0 Å². The van der Waals surface area contributed by atoms with E-state index in [-0.39, 0.29) is 12.2 Å². The number of ether oxygens (including phenoxy) is 1. The van der Waals surface area contributed by atoms with Crippen LogP contribution in [-0.2, 0) is 4.74 Å². The van der Waals surface area contributed by atoms with E-state index in [1.165, 1.54) is 40.6 Å². The molecule has 5 heteroatoms. The molecule has 2 aromatic rings. The molecule has 1 amide bonds. The van der Waals surface area contributed by atoms with E-state index < -0.39 is 0 Å². The van der Waals surface area contributed by atoms with Crippen molar-refractivity contribution in [1.82, 2.24) is 4.90 Å². The average molecular weight is 369 g/mol. The Balaban J connectivity index is 1.37. The van der Waals surface area contributed by atoms with Crippen LogP contribution in [-0.4, -0.2) is 36.2 Å². The van der Waals surface area contributed by atoms with Crippen molar-refractivity contribution in [3.8, 4) is 0 Å². The summed E-state index contributed by atoms with van der Waals surface area (Å²) in [7, 11) is 0. The third-order valence-electron chi connectivity index (χ3n) is 6.02. The zero-order valence-corrected chi connectivity index (χ0v) is 15.7. The number of fused-ring (bicyclic) bond motifs is 2. The standard InChI is InChI=1S/C21H24N2O2S/c24-21(25-17-4-1-5-17)22-15-6-7-20-18(12-15)19(13-26-20)14-8-10-23-9-2-3-16(23)11-14/h6-8,12-13,16-17H,1-5,9-11H2,(H,22,24). The van der Waals surface area contributed by atoms with E-state index in [1.807, 2.05) is 6.07 Å². The summed E-state index contributed by atoms with van der Waals surface area (Å²) < 4.78 is 6.68. The van der Waals surface area contributed by atoms with Gasteiger partial charge in [-0.1, -0.05) is 6.08 Å². The molecule has 0 radical (unpaired) electrons. The number of benzene rings is 1. The summed E-state index contributed by atoms with van der Waals surface area (Å²) in [6, 6.07) is 6.89.